The fraction of sp³-hybridized carbons (Fsp3) is 0.357. The Balaban J connectivity index is 1.60. The number of aromatic nitrogens is 2. The normalized spacial score (nSPS) is 15.3. The minimum Gasteiger partial charge on any atom is -0.335 e. The van der Waals surface area contributed by atoms with Crippen LogP contribution in [-0.4, -0.2) is 58.0 Å². The summed E-state index contributed by atoms with van der Waals surface area (Å²) in [6.07, 6.45) is 3.11. The number of rotatable bonds is 2. The second-order valence-electron chi connectivity index (χ2n) is 4.98. The summed E-state index contributed by atoms with van der Waals surface area (Å²) >= 11 is 1.51. The van der Waals surface area contributed by atoms with Crippen LogP contribution >= 0.6 is 11.3 Å². The molecule has 1 aliphatic heterocycles. The van der Waals surface area contributed by atoms with Gasteiger partial charge >= 0.3 is 0 Å². The second kappa shape index (κ2) is 5.69. The number of H-pyrrole nitrogens is 1. The van der Waals surface area contributed by atoms with E-state index in [2.05, 4.69) is 10.2 Å². The van der Waals surface area contributed by atoms with E-state index in [0.717, 1.165) is 9.75 Å². The molecule has 0 aromatic carbocycles. The lowest BCUT2D eigenvalue weighted by Crippen LogP contribution is -2.50. The van der Waals surface area contributed by atoms with Gasteiger partial charge in [0.05, 0.1) is 16.6 Å². The molecule has 0 radical (unpaired) electrons. The highest BCUT2D eigenvalue weighted by Crippen LogP contribution is 2.18. The van der Waals surface area contributed by atoms with Gasteiger partial charge in [0.2, 0.25) is 0 Å². The number of carbonyl (C=O) groups is 2. The lowest BCUT2D eigenvalue weighted by atomic mass is 10.2. The number of carbonyl (C=O) groups excluding carboxylic acids is 2. The first-order valence-electron chi connectivity index (χ1n) is 6.79. The van der Waals surface area contributed by atoms with E-state index in [1.807, 2.05) is 24.0 Å². The van der Waals surface area contributed by atoms with Crippen molar-refractivity contribution < 1.29 is 9.59 Å². The van der Waals surface area contributed by atoms with Crippen molar-refractivity contribution in [3.8, 4) is 0 Å². The van der Waals surface area contributed by atoms with Crippen LogP contribution in [0.5, 0.6) is 0 Å². The van der Waals surface area contributed by atoms with Crippen LogP contribution in [-0.2, 0) is 0 Å². The maximum Gasteiger partial charge on any atom is 0.264 e. The predicted molar refractivity (Wildman–Crippen MR) is 79.5 cm³/mol. The number of amides is 2. The summed E-state index contributed by atoms with van der Waals surface area (Å²) in [4.78, 5) is 30.0. The summed E-state index contributed by atoms with van der Waals surface area (Å²) in [7, 11) is 0. The zero-order valence-corrected chi connectivity index (χ0v) is 12.5. The van der Waals surface area contributed by atoms with Crippen LogP contribution in [0, 0.1) is 6.92 Å². The Bertz CT molecular complexity index is 642. The van der Waals surface area contributed by atoms with Gasteiger partial charge in [-0.2, -0.15) is 5.10 Å². The van der Waals surface area contributed by atoms with E-state index in [0.29, 0.717) is 31.7 Å². The Kier molecular flexibility index (Phi) is 3.74. The van der Waals surface area contributed by atoms with E-state index in [9.17, 15) is 9.59 Å². The van der Waals surface area contributed by atoms with E-state index in [-0.39, 0.29) is 11.8 Å². The molecule has 110 valence electrons. The molecule has 3 rings (SSSR count). The zero-order chi connectivity index (χ0) is 14.8. The van der Waals surface area contributed by atoms with Crippen LogP contribution in [0.15, 0.2) is 24.5 Å². The number of nitrogens with one attached hydrogen (secondary N) is 1. The van der Waals surface area contributed by atoms with Gasteiger partial charge in [0.25, 0.3) is 11.8 Å². The SMILES string of the molecule is Cc1ccc(C(=O)N2CCN(C(=O)c3cn[nH]c3)CC2)s1. The van der Waals surface area contributed by atoms with Crippen molar-refractivity contribution in [1.82, 2.24) is 20.0 Å². The molecule has 1 aliphatic rings. The number of hydrogen-bond donors (Lipinski definition) is 1. The largest absolute Gasteiger partial charge is 0.335 e. The third kappa shape index (κ3) is 2.82. The Labute approximate surface area is 126 Å². The van der Waals surface area contributed by atoms with E-state index >= 15 is 0 Å². The van der Waals surface area contributed by atoms with Crippen molar-refractivity contribution in [2.24, 2.45) is 0 Å². The van der Waals surface area contributed by atoms with Crippen molar-refractivity contribution >= 4 is 23.2 Å². The first-order valence-corrected chi connectivity index (χ1v) is 7.60. The van der Waals surface area contributed by atoms with Gasteiger partial charge in [-0.05, 0) is 19.1 Å². The molecule has 2 amide bonds. The van der Waals surface area contributed by atoms with E-state index in [4.69, 9.17) is 0 Å². The van der Waals surface area contributed by atoms with Gasteiger partial charge in [0, 0.05) is 37.3 Å². The third-order valence-electron chi connectivity index (χ3n) is 3.55. The molecule has 0 bridgehead atoms. The Morgan fingerprint density at radius 1 is 1.14 bits per heavy atom. The van der Waals surface area contributed by atoms with Crippen molar-refractivity contribution in [2.75, 3.05) is 26.2 Å². The molecule has 0 aliphatic carbocycles. The molecule has 1 saturated heterocycles. The average Bonchev–Trinajstić information content (AvgIpc) is 3.17. The molecule has 2 aromatic heterocycles. The standard InChI is InChI=1S/C14H16N4O2S/c1-10-2-3-12(21-10)14(20)18-6-4-17(5-7-18)13(19)11-8-15-16-9-11/h2-3,8-9H,4-7H2,1H3,(H,15,16). The molecule has 0 spiro atoms. The highest BCUT2D eigenvalue weighted by molar-refractivity contribution is 7.13. The summed E-state index contributed by atoms with van der Waals surface area (Å²) in [5.74, 6) is 0.0197. The van der Waals surface area contributed by atoms with Crippen LogP contribution in [0.25, 0.3) is 0 Å². The Morgan fingerprint density at radius 3 is 2.33 bits per heavy atom. The molecule has 3 heterocycles. The Morgan fingerprint density at radius 2 is 1.81 bits per heavy atom. The quantitative estimate of drug-likeness (QED) is 0.911. The monoisotopic (exact) mass is 304 g/mol. The first-order chi connectivity index (χ1) is 10.1. The summed E-state index contributed by atoms with van der Waals surface area (Å²) in [6.45, 7) is 4.24. The number of aryl methyl sites for hydroxylation is 1. The van der Waals surface area contributed by atoms with Crippen molar-refractivity contribution in [2.45, 2.75) is 6.92 Å². The van der Waals surface area contributed by atoms with Crippen molar-refractivity contribution in [1.29, 1.82) is 0 Å². The van der Waals surface area contributed by atoms with Crippen LogP contribution in [0.4, 0.5) is 0 Å². The summed E-state index contributed by atoms with van der Waals surface area (Å²) in [6, 6.07) is 3.82. The lowest BCUT2D eigenvalue weighted by molar-refractivity contribution is 0.0538. The van der Waals surface area contributed by atoms with Gasteiger partial charge in [0.1, 0.15) is 0 Å². The minimum atomic E-state index is -0.0391. The van der Waals surface area contributed by atoms with Crippen molar-refractivity contribution in [3.05, 3.63) is 39.8 Å². The predicted octanol–water partition coefficient (Wildman–Crippen LogP) is 1.38. The maximum atomic E-state index is 12.3. The molecule has 1 fully saturated rings. The number of aromatic amines is 1. The lowest BCUT2D eigenvalue weighted by Gasteiger charge is -2.34. The van der Waals surface area contributed by atoms with Gasteiger partial charge in [-0.1, -0.05) is 0 Å². The van der Waals surface area contributed by atoms with Crippen molar-refractivity contribution in [3.63, 3.8) is 0 Å². The summed E-state index contributed by atoms with van der Waals surface area (Å²) < 4.78 is 0. The molecule has 0 atom stereocenters. The number of thiophene rings is 1. The molecule has 1 N–H and O–H groups in total. The molecule has 2 aromatic rings. The van der Waals surface area contributed by atoms with E-state index in [1.54, 1.807) is 11.1 Å². The fourth-order valence-electron chi connectivity index (χ4n) is 2.37. The van der Waals surface area contributed by atoms with Gasteiger partial charge in [-0.15, -0.1) is 11.3 Å². The Hall–Kier alpha value is -2.15. The van der Waals surface area contributed by atoms with Gasteiger partial charge in [-0.25, -0.2) is 0 Å². The average molecular weight is 304 g/mol. The van der Waals surface area contributed by atoms with E-state index in [1.165, 1.54) is 17.5 Å². The highest BCUT2D eigenvalue weighted by atomic mass is 32.1. The highest BCUT2D eigenvalue weighted by Gasteiger charge is 2.26. The fourth-order valence-corrected chi connectivity index (χ4v) is 3.20. The van der Waals surface area contributed by atoms with Crippen LogP contribution in [0.2, 0.25) is 0 Å². The molecule has 0 unspecified atom stereocenters. The maximum absolute atomic E-state index is 12.3. The number of piperazine rings is 1. The van der Waals surface area contributed by atoms with Crippen LogP contribution in [0.1, 0.15) is 24.9 Å². The molecule has 21 heavy (non-hydrogen) atoms. The number of nitrogens with zero attached hydrogens (tertiary/aromatic N) is 3. The van der Waals surface area contributed by atoms with E-state index < -0.39 is 0 Å². The topological polar surface area (TPSA) is 69.3 Å². The zero-order valence-electron chi connectivity index (χ0n) is 11.7. The third-order valence-corrected chi connectivity index (χ3v) is 4.54. The summed E-state index contributed by atoms with van der Waals surface area (Å²) in [5, 5.41) is 6.43. The minimum absolute atomic E-state index is 0.0391. The van der Waals surface area contributed by atoms with Crippen LogP contribution < -0.4 is 0 Å². The summed E-state index contributed by atoms with van der Waals surface area (Å²) in [5.41, 5.74) is 0.559. The molecule has 6 nitrogen and oxygen atoms in total. The van der Waals surface area contributed by atoms with Crippen LogP contribution in [0.3, 0.4) is 0 Å². The molecule has 7 heteroatoms. The first kappa shape index (κ1) is 13.8. The van der Waals surface area contributed by atoms with Gasteiger partial charge in [0.15, 0.2) is 0 Å². The smallest absolute Gasteiger partial charge is 0.264 e. The molecular formula is C14H16N4O2S. The molecular weight excluding hydrogens is 288 g/mol. The second-order valence-corrected chi connectivity index (χ2v) is 6.27. The number of hydrogen-bond acceptors (Lipinski definition) is 4. The van der Waals surface area contributed by atoms with Gasteiger partial charge in [-0.3, -0.25) is 14.7 Å². The molecule has 0 saturated carbocycles. The van der Waals surface area contributed by atoms with Gasteiger partial charge < -0.3 is 9.80 Å².